The average molecular weight is 190 g/mol. The van der Waals surface area contributed by atoms with Crippen molar-refractivity contribution in [1.29, 1.82) is 0 Å². The van der Waals surface area contributed by atoms with Gasteiger partial charge in [-0.05, 0) is 48.6 Å². The van der Waals surface area contributed by atoms with Crippen LogP contribution in [0.25, 0.3) is 0 Å². The topological polar surface area (TPSA) is 29.3 Å². The van der Waals surface area contributed by atoms with Crippen LogP contribution in [0, 0.1) is 0 Å². The molecule has 0 aromatic heterocycles. The molecule has 1 aliphatic carbocycles. The second-order valence-corrected chi connectivity index (χ2v) is 4.25. The van der Waals surface area contributed by atoms with Crippen LogP contribution in [-0.4, -0.2) is 20.6 Å². The molecule has 0 saturated carbocycles. The van der Waals surface area contributed by atoms with Gasteiger partial charge in [0.05, 0.1) is 0 Å². The second kappa shape index (κ2) is 3.62. The number of nitrogens with zero attached hydrogens (tertiary/aromatic N) is 1. The number of rotatable bonds is 2. The second-order valence-electron chi connectivity index (χ2n) is 4.25. The number of benzene rings is 1. The first-order valence-electron chi connectivity index (χ1n) is 5.22. The molecule has 0 heterocycles. The molecule has 0 radical (unpaired) electrons. The molecule has 2 heteroatoms. The van der Waals surface area contributed by atoms with Crippen molar-refractivity contribution in [2.45, 2.75) is 18.8 Å². The van der Waals surface area contributed by atoms with Crippen molar-refractivity contribution in [3.8, 4) is 0 Å². The number of nitrogens with two attached hydrogens (primary N) is 1. The Balaban J connectivity index is 2.34. The maximum Gasteiger partial charge on any atom is 0.0363 e. The number of hydrogen-bond donors (Lipinski definition) is 1. The summed E-state index contributed by atoms with van der Waals surface area (Å²) in [7, 11) is 4.16. The van der Waals surface area contributed by atoms with E-state index >= 15 is 0 Å². The van der Waals surface area contributed by atoms with Crippen LogP contribution in [0.3, 0.4) is 0 Å². The Kier molecular flexibility index (Phi) is 2.46. The molecule has 0 aliphatic heterocycles. The average Bonchev–Trinajstić information content (AvgIpc) is 2.59. The lowest BCUT2D eigenvalue weighted by molar-refractivity contribution is 0.688. The van der Waals surface area contributed by atoms with Gasteiger partial charge >= 0.3 is 0 Å². The van der Waals surface area contributed by atoms with Gasteiger partial charge in [-0.1, -0.05) is 6.07 Å². The van der Waals surface area contributed by atoms with E-state index in [2.05, 4.69) is 37.2 Å². The smallest absolute Gasteiger partial charge is 0.0363 e. The number of hydrogen-bond acceptors (Lipinski definition) is 2. The Hall–Kier alpha value is -1.02. The third-order valence-electron chi connectivity index (χ3n) is 3.13. The van der Waals surface area contributed by atoms with Crippen LogP contribution in [0.1, 0.15) is 23.5 Å². The van der Waals surface area contributed by atoms with Gasteiger partial charge in [0.15, 0.2) is 0 Å². The largest absolute Gasteiger partial charge is 0.378 e. The number of anilines is 1. The molecule has 76 valence electrons. The lowest BCUT2D eigenvalue weighted by atomic mass is 10.0. The fraction of sp³-hybridized carbons (Fsp3) is 0.500. The van der Waals surface area contributed by atoms with Gasteiger partial charge in [-0.2, -0.15) is 0 Å². The summed E-state index contributed by atoms with van der Waals surface area (Å²) >= 11 is 0. The third-order valence-corrected chi connectivity index (χ3v) is 3.13. The number of fused-ring (bicyclic) bond motifs is 1. The zero-order valence-electron chi connectivity index (χ0n) is 8.96. The molecule has 2 N–H and O–H groups in total. The van der Waals surface area contributed by atoms with E-state index in [0.717, 1.165) is 6.54 Å². The van der Waals surface area contributed by atoms with Crippen LogP contribution in [0.15, 0.2) is 18.2 Å². The highest BCUT2D eigenvalue weighted by molar-refractivity contribution is 5.52. The Bertz CT molecular complexity index is 331. The Morgan fingerprint density at radius 3 is 2.86 bits per heavy atom. The molecular weight excluding hydrogens is 172 g/mol. The van der Waals surface area contributed by atoms with E-state index in [4.69, 9.17) is 5.73 Å². The molecule has 14 heavy (non-hydrogen) atoms. The molecule has 1 atom stereocenters. The van der Waals surface area contributed by atoms with E-state index in [9.17, 15) is 0 Å². The van der Waals surface area contributed by atoms with Gasteiger partial charge in [0, 0.05) is 19.8 Å². The lowest BCUT2D eigenvalue weighted by Crippen LogP contribution is -2.10. The molecule has 0 spiro atoms. The molecule has 1 aromatic rings. The molecule has 1 aliphatic rings. The van der Waals surface area contributed by atoms with Crippen molar-refractivity contribution >= 4 is 5.69 Å². The summed E-state index contributed by atoms with van der Waals surface area (Å²) in [6.07, 6.45) is 2.42. The summed E-state index contributed by atoms with van der Waals surface area (Å²) in [5.74, 6) is 0.598. The van der Waals surface area contributed by atoms with Crippen LogP contribution in [0.2, 0.25) is 0 Å². The lowest BCUT2D eigenvalue weighted by Gasteiger charge is -2.15. The number of aryl methyl sites for hydroxylation is 1. The summed E-state index contributed by atoms with van der Waals surface area (Å²) in [5.41, 5.74) is 9.99. The van der Waals surface area contributed by atoms with Gasteiger partial charge in [0.2, 0.25) is 0 Å². The highest BCUT2D eigenvalue weighted by atomic mass is 15.1. The monoisotopic (exact) mass is 190 g/mol. The van der Waals surface area contributed by atoms with Crippen molar-refractivity contribution in [2.75, 3.05) is 25.5 Å². The summed E-state index contributed by atoms with van der Waals surface area (Å²) in [6.45, 7) is 0.786. The van der Waals surface area contributed by atoms with E-state index in [1.54, 1.807) is 0 Å². The first-order valence-corrected chi connectivity index (χ1v) is 5.22. The van der Waals surface area contributed by atoms with Crippen LogP contribution < -0.4 is 10.6 Å². The van der Waals surface area contributed by atoms with Crippen LogP contribution in [-0.2, 0) is 6.42 Å². The molecule has 1 aromatic carbocycles. The highest BCUT2D eigenvalue weighted by Gasteiger charge is 2.21. The van der Waals surface area contributed by atoms with E-state index in [0.29, 0.717) is 5.92 Å². The quantitative estimate of drug-likeness (QED) is 0.769. The van der Waals surface area contributed by atoms with Crippen LogP contribution in [0.5, 0.6) is 0 Å². The first-order chi connectivity index (χ1) is 6.72. The minimum atomic E-state index is 0.598. The maximum atomic E-state index is 5.74. The molecule has 0 saturated heterocycles. The zero-order chi connectivity index (χ0) is 10.1. The highest BCUT2D eigenvalue weighted by Crippen LogP contribution is 2.34. The fourth-order valence-electron chi connectivity index (χ4n) is 2.22. The van der Waals surface area contributed by atoms with Crippen molar-refractivity contribution in [2.24, 2.45) is 5.73 Å². The van der Waals surface area contributed by atoms with Crippen molar-refractivity contribution in [3.63, 3.8) is 0 Å². The van der Waals surface area contributed by atoms with Crippen molar-refractivity contribution < 1.29 is 0 Å². The normalized spacial score (nSPS) is 19.5. The van der Waals surface area contributed by atoms with E-state index < -0.39 is 0 Å². The predicted octanol–water partition coefficient (Wildman–Crippen LogP) is 1.74. The summed E-state index contributed by atoms with van der Waals surface area (Å²) in [4.78, 5) is 2.15. The summed E-state index contributed by atoms with van der Waals surface area (Å²) in [6, 6.07) is 6.73. The molecule has 2 nitrogen and oxygen atoms in total. The Morgan fingerprint density at radius 1 is 1.43 bits per heavy atom. The van der Waals surface area contributed by atoms with Gasteiger partial charge in [-0.3, -0.25) is 0 Å². The molecule has 0 bridgehead atoms. The van der Waals surface area contributed by atoms with E-state index in [1.165, 1.54) is 29.7 Å². The molecule has 2 rings (SSSR count). The Labute approximate surface area is 85.7 Å². The van der Waals surface area contributed by atoms with Crippen LogP contribution in [0.4, 0.5) is 5.69 Å². The fourth-order valence-corrected chi connectivity index (χ4v) is 2.22. The van der Waals surface area contributed by atoms with Gasteiger partial charge in [0.1, 0.15) is 0 Å². The van der Waals surface area contributed by atoms with E-state index in [-0.39, 0.29) is 0 Å². The van der Waals surface area contributed by atoms with E-state index in [1.807, 2.05) is 0 Å². The molecule has 0 fully saturated rings. The third kappa shape index (κ3) is 1.50. The summed E-state index contributed by atoms with van der Waals surface area (Å²) in [5, 5.41) is 0. The van der Waals surface area contributed by atoms with Gasteiger partial charge in [-0.15, -0.1) is 0 Å². The summed E-state index contributed by atoms with van der Waals surface area (Å²) < 4.78 is 0. The minimum absolute atomic E-state index is 0.598. The standard InChI is InChI=1S/C12H18N2/c1-14(2)11-5-6-12-9(7-11)3-4-10(12)8-13/h5-7,10H,3-4,8,13H2,1-2H3. The zero-order valence-corrected chi connectivity index (χ0v) is 8.96. The Morgan fingerprint density at radius 2 is 2.21 bits per heavy atom. The van der Waals surface area contributed by atoms with Crippen molar-refractivity contribution in [1.82, 2.24) is 0 Å². The van der Waals surface area contributed by atoms with Gasteiger partial charge in [-0.25, -0.2) is 0 Å². The SMILES string of the molecule is CN(C)c1ccc2c(c1)CCC2CN. The predicted molar refractivity (Wildman–Crippen MR) is 60.9 cm³/mol. The molecular formula is C12H18N2. The first kappa shape index (κ1) is 9.53. The minimum Gasteiger partial charge on any atom is -0.378 e. The van der Waals surface area contributed by atoms with Crippen LogP contribution >= 0.6 is 0 Å². The molecule has 1 unspecified atom stereocenters. The molecule has 0 amide bonds. The van der Waals surface area contributed by atoms with Gasteiger partial charge < -0.3 is 10.6 Å². The maximum absolute atomic E-state index is 5.74. The van der Waals surface area contributed by atoms with Crippen molar-refractivity contribution in [3.05, 3.63) is 29.3 Å². The van der Waals surface area contributed by atoms with Gasteiger partial charge in [0.25, 0.3) is 0 Å².